The van der Waals surface area contributed by atoms with E-state index in [9.17, 15) is 4.79 Å². The number of carbonyl (C=O) groups excluding carboxylic acids is 1. The second kappa shape index (κ2) is 5.20. The zero-order valence-corrected chi connectivity index (χ0v) is 6.33. The Balaban J connectivity index is 3.50. The maximum absolute atomic E-state index is 10.6. The number of aliphatic hydroxyl groups is 1. The number of hydrogen-bond donors (Lipinski definition) is 1. The second-order valence-corrected chi connectivity index (χ2v) is 1.77. The smallest absolute Gasteiger partial charge is 0.242 e. The molecule has 0 radical (unpaired) electrons. The van der Waals surface area contributed by atoms with E-state index in [4.69, 9.17) is 9.94 Å². The van der Waals surface area contributed by atoms with Crippen LogP contribution in [0.25, 0.3) is 0 Å². The molecule has 0 aromatic heterocycles. The van der Waals surface area contributed by atoms with Gasteiger partial charge in [0.2, 0.25) is 5.91 Å². The van der Waals surface area contributed by atoms with Crippen LogP contribution < -0.4 is 0 Å². The molecule has 0 saturated heterocycles. The number of hydrogen-bond acceptors (Lipinski definition) is 3. The topological polar surface area (TPSA) is 49.8 Å². The molecule has 0 saturated carbocycles. The van der Waals surface area contributed by atoms with E-state index < -0.39 is 0 Å². The van der Waals surface area contributed by atoms with Crippen LogP contribution in [0.2, 0.25) is 0 Å². The molecule has 0 aromatic rings. The molecule has 10 heavy (non-hydrogen) atoms. The third-order valence-electron chi connectivity index (χ3n) is 0.977. The molecule has 4 nitrogen and oxygen atoms in total. The summed E-state index contributed by atoms with van der Waals surface area (Å²) in [4.78, 5) is 15.4. The standard InChI is InChI=1S/C6H13NO3/c1-3-7(6(2)9)10-5-4-8/h8H,3-5H2,1-2H3. The molecule has 0 aromatic carbocycles. The lowest BCUT2D eigenvalue weighted by atomic mass is 10.6. The number of amides is 1. The van der Waals surface area contributed by atoms with Crippen LogP contribution in [-0.2, 0) is 9.63 Å². The summed E-state index contributed by atoms with van der Waals surface area (Å²) in [5, 5.41) is 9.53. The second-order valence-electron chi connectivity index (χ2n) is 1.77. The Bertz CT molecular complexity index is 105. The van der Waals surface area contributed by atoms with Crippen molar-refractivity contribution in [2.75, 3.05) is 19.8 Å². The lowest BCUT2D eigenvalue weighted by molar-refractivity contribution is -0.185. The molecule has 1 amide bonds. The first kappa shape index (κ1) is 9.39. The zero-order chi connectivity index (χ0) is 7.98. The third-order valence-corrected chi connectivity index (χ3v) is 0.977. The van der Waals surface area contributed by atoms with Gasteiger partial charge >= 0.3 is 0 Å². The van der Waals surface area contributed by atoms with Crippen LogP contribution in [0.15, 0.2) is 0 Å². The summed E-state index contributed by atoms with van der Waals surface area (Å²) in [7, 11) is 0. The molecule has 0 aliphatic carbocycles. The van der Waals surface area contributed by atoms with Gasteiger partial charge in [-0.1, -0.05) is 0 Å². The maximum atomic E-state index is 10.6. The molecule has 0 rings (SSSR count). The number of rotatable bonds is 4. The Morgan fingerprint density at radius 3 is 2.60 bits per heavy atom. The van der Waals surface area contributed by atoms with E-state index in [1.807, 2.05) is 0 Å². The first-order valence-electron chi connectivity index (χ1n) is 3.24. The van der Waals surface area contributed by atoms with Gasteiger partial charge in [0.15, 0.2) is 0 Å². The van der Waals surface area contributed by atoms with Gasteiger partial charge < -0.3 is 5.11 Å². The lowest BCUT2D eigenvalue weighted by Gasteiger charge is -2.16. The Hall–Kier alpha value is -0.610. The SMILES string of the molecule is CCN(OCCO)C(C)=O. The normalized spacial score (nSPS) is 9.50. The van der Waals surface area contributed by atoms with E-state index >= 15 is 0 Å². The molecule has 0 bridgehead atoms. The van der Waals surface area contributed by atoms with Crippen LogP contribution in [0.1, 0.15) is 13.8 Å². The molecule has 0 aliphatic rings. The molecule has 0 spiro atoms. The maximum Gasteiger partial charge on any atom is 0.242 e. The Morgan fingerprint density at radius 2 is 2.30 bits per heavy atom. The van der Waals surface area contributed by atoms with Crippen molar-refractivity contribution in [3.05, 3.63) is 0 Å². The molecule has 0 aliphatic heterocycles. The number of aliphatic hydroxyl groups excluding tert-OH is 1. The van der Waals surface area contributed by atoms with Crippen LogP contribution in [0, 0.1) is 0 Å². The molecule has 60 valence electrons. The highest BCUT2D eigenvalue weighted by Gasteiger charge is 2.04. The first-order chi connectivity index (χ1) is 4.72. The highest BCUT2D eigenvalue weighted by molar-refractivity contribution is 5.71. The predicted molar refractivity (Wildman–Crippen MR) is 36.1 cm³/mol. The van der Waals surface area contributed by atoms with Crippen LogP contribution in [0.3, 0.4) is 0 Å². The predicted octanol–water partition coefficient (Wildman–Crippen LogP) is -0.221. The fraction of sp³-hybridized carbons (Fsp3) is 0.833. The molecule has 0 unspecified atom stereocenters. The lowest BCUT2D eigenvalue weighted by Crippen LogP contribution is -2.29. The number of carbonyl (C=O) groups is 1. The minimum atomic E-state index is -0.143. The van der Waals surface area contributed by atoms with Gasteiger partial charge in [-0.15, -0.1) is 0 Å². The molecular formula is C6H13NO3. The van der Waals surface area contributed by atoms with E-state index in [0.717, 1.165) is 0 Å². The molecule has 4 heteroatoms. The molecular weight excluding hydrogens is 134 g/mol. The van der Waals surface area contributed by atoms with Crippen molar-refractivity contribution in [1.82, 2.24) is 5.06 Å². The Morgan fingerprint density at radius 1 is 1.70 bits per heavy atom. The summed E-state index contributed by atoms with van der Waals surface area (Å²) in [5.41, 5.74) is 0. The molecule has 1 N–H and O–H groups in total. The summed E-state index contributed by atoms with van der Waals surface area (Å²) >= 11 is 0. The number of nitrogens with zero attached hydrogens (tertiary/aromatic N) is 1. The zero-order valence-electron chi connectivity index (χ0n) is 6.33. The molecule has 0 fully saturated rings. The highest BCUT2D eigenvalue weighted by atomic mass is 16.7. The van der Waals surface area contributed by atoms with Gasteiger partial charge in [0.05, 0.1) is 13.2 Å². The first-order valence-corrected chi connectivity index (χ1v) is 3.24. The summed E-state index contributed by atoms with van der Waals surface area (Å²) < 4.78 is 0. The van der Waals surface area contributed by atoms with Gasteiger partial charge in [0.25, 0.3) is 0 Å². The average Bonchev–Trinajstić information content (AvgIpc) is 1.89. The summed E-state index contributed by atoms with van der Waals surface area (Å²) in [6, 6.07) is 0. The van der Waals surface area contributed by atoms with E-state index in [1.54, 1.807) is 6.92 Å². The van der Waals surface area contributed by atoms with Gasteiger partial charge in [-0.3, -0.25) is 9.63 Å². The summed E-state index contributed by atoms with van der Waals surface area (Å²) in [6.45, 7) is 3.84. The van der Waals surface area contributed by atoms with Gasteiger partial charge in [-0.05, 0) is 6.92 Å². The van der Waals surface area contributed by atoms with Gasteiger partial charge in [-0.25, -0.2) is 5.06 Å². The van der Waals surface area contributed by atoms with E-state index in [2.05, 4.69) is 0 Å². The van der Waals surface area contributed by atoms with Gasteiger partial charge in [-0.2, -0.15) is 0 Å². The van der Waals surface area contributed by atoms with Crippen LogP contribution in [0.5, 0.6) is 0 Å². The summed E-state index contributed by atoms with van der Waals surface area (Å²) in [6.07, 6.45) is 0. The quantitative estimate of drug-likeness (QED) is 0.559. The molecule has 0 heterocycles. The van der Waals surface area contributed by atoms with Crippen molar-refractivity contribution < 1.29 is 14.7 Å². The van der Waals surface area contributed by atoms with Gasteiger partial charge in [0, 0.05) is 13.5 Å². The van der Waals surface area contributed by atoms with Crippen molar-refractivity contribution in [2.45, 2.75) is 13.8 Å². The van der Waals surface area contributed by atoms with Crippen molar-refractivity contribution in [3.8, 4) is 0 Å². The van der Waals surface area contributed by atoms with Crippen molar-refractivity contribution in [1.29, 1.82) is 0 Å². The largest absolute Gasteiger partial charge is 0.394 e. The van der Waals surface area contributed by atoms with E-state index in [-0.39, 0.29) is 19.1 Å². The monoisotopic (exact) mass is 147 g/mol. The number of hydroxylamine groups is 2. The minimum absolute atomic E-state index is 0.0657. The Kier molecular flexibility index (Phi) is 4.88. The van der Waals surface area contributed by atoms with Crippen LogP contribution in [-0.4, -0.2) is 35.8 Å². The van der Waals surface area contributed by atoms with Crippen molar-refractivity contribution in [2.24, 2.45) is 0 Å². The van der Waals surface area contributed by atoms with Crippen molar-refractivity contribution in [3.63, 3.8) is 0 Å². The Labute approximate surface area is 60.3 Å². The van der Waals surface area contributed by atoms with E-state index in [0.29, 0.717) is 6.54 Å². The summed E-state index contributed by atoms with van der Waals surface area (Å²) in [5.74, 6) is -0.143. The third kappa shape index (κ3) is 3.42. The fourth-order valence-electron chi connectivity index (χ4n) is 0.556. The highest BCUT2D eigenvalue weighted by Crippen LogP contribution is 1.89. The van der Waals surface area contributed by atoms with Gasteiger partial charge in [0.1, 0.15) is 0 Å². The minimum Gasteiger partial charge on any atom is -0.394 e. The fourth-order valence-corrected chi connectivity index (χ4v) is 0.556. The molecule has 0 atom stereocenters. The van der Waals surface area contributed by atoms with Crippen LogP contribution in [0.4, 0.5) is 0 Å². The van der Waals surface area contributed by atoms with Crippen LogP contribution >= 0.6 is 0 Å². The van der Waals surface area contributed by atoms with E-state index in [1.165, 1.54) is 12.0 Å². The van der Waals surface area contributed by atoms with Crippen molar-refractivity contribution >= 4 is 5.91 Å². The average molecular weight is 147 g/mol.